The predicted molar refractivity (Wildman–Crippen MR) is 80.7 cm³/mol. The molecule has 0 aromatic carbocycles. The minimum atomic E-state index is -1.58. The van der Waals surface area contributed by atoms with Gasteiger partial charge in [0, 0.05) is 5.92 Å². The molecule has 3 heterocycles. The topological polar surface area (TPSA) is 84.2 Å². The van der Waals surface area contributed by atoms with Gasteiger partial charge in [0.05, 0.1) is 26.1 Å². The lowest BCUT2D eigenvalue weighted by Crippen LogP contribution is -2.53. The Morgan fingerprint density at radius 2 is 1.96 bits per heavy atom. The Morgan fingerprint density at radius 3 is 2.54 bits per heavy atom. The fourth-order valence-electron chi connectivity index (χ4n) is 3.46. The molecule has 0 radical (unpaired) electrons. The molecular formula is C17H22O7. The van der Waals surface area contributed by atoms with Crippen LogP contribution in [0, 0.1) is 11.3 Å². The van der Waals surface area contributed by atoms with E-state index < -0.39 is 29.7 Å². The van der Waals surface area contributed by atoms with Crippen molar-refractivity contribution in [2.75, 3.05) is 19.8 Å². The fourth-order valence-corrected chi connectivity index (χ4v) is 3.46. The third-order valence-electron chi connectivity index (χ3n) is 4.54. The maximum absolute atomic E-state index is 12.8. The van der Waals surface area contributed by atoms with Crippen LogP contribution in [0.5, 0.6) is 0 Å². The van der Waals surface area contributed by atoms with Gasteiger partial charge in [-0.3, -0.25) is 9.59 Å². The first-order valence-corrected chi connectivity index (χ1v) is 8.28. The van der Waals surface area contributed by atoms with Crippen molar-refractivity contribution in [2.24, 2.45) is 11.3 Å². The van der Waals surface area contributed by atoms with Crippen LogP contribution < -0.4 is 0 Å². The smallest absolute Gasteiger partial charge is 0.326 e. The number of esters is 2. The molecule has 0 aliphatic carbocycles. The van der Waals surface area contributed by atoms with Crippen LogP contribution in [-0.4, -0.2) is 38.0 Å². The second-order valence-electron chi connectivity index (χ2n) is 5.94. The molecule has 2 aliphatic heterocycles. The summed E-state index contributed by atoms with van der Waals surface area (Å²) in [5.41, 5.74) is -1.58. The quantitative estimate of drug-likeness (QED) is 0.601. The Hall–Kier alpha value is -1.86. The summed E-state index contributed by atoms with van der Waals surface area (Å²) in [7, 11) is 0. The maximum atomic E-state index is 12.8. The van der Waals surface area contributed by atoms with Gasteiger partial charge < -0.3 is 23.4 Å². The van der Waals surface area contributed by atoms with Crippen molar-refractivity contribution < 1.29 is 33.0 Å². The standard InChI is InChI=1S/C17H22O7/c1-3-20-15(18)17(16(19)21-4-2)10-11-7-9-23-14(11)24-13(17)12-6-5-8-22-12/h5-6,8,11,13-14H,3-4,7,9-10H2,1-2H3/t11-,13+,14+/m0/s1. The van der Waals surface area contributed by atoms with Gasteiger partial charge >= 0.3 is 11.9 Å². The Balaban J connectivity index is 2.05. The lowest BCUT2D eigenvalue weighted by molar-refractivity contribution is -0.246. The number of furan rings is 1. The number of rotatable bonds is 5. The normalized spacial score (nSPS) is 28.2. The number of hydrogen-bond acceptors (Lipinski definition) is 7. The van der Waals surface area contributed by atoms with Crippen LogP contribution in [0.2, 0.25) is 0 Å². The summed E-state index contributed by atoms with van der Waals surface area (Å²) in [6.45, 7) is 4.25. The monoisotopic (exact) mass is 338 g/mol. The van der Waals surface area contributed by atoms with Gasteiger partial charge in [-0.05, 0) is 38.8 Å². The molecule has 3 atom stereocenters. The third-order valence-corrected chi connectivity index (χ3v) is 4.54. The van der Waals surface area contributed by atoms with E-state index in [9.17, 15) is 9.59 Å². The number of carbonyl (C=O) groups is 2. The van der Waals surface area contributed by atoms with Gasteiger partial charge in [0.1, 0.15) is 11.9 Å². The van der Waals surface area contributed by atoms with Gasteiger partial charge in [0.25, 0.3) is 0 Å². The highest BCUT2D eigenvalue weighted by atomic mass is 16.7. The summed E-state index contributed by atoms with van der Waals surface area (Å²) in [6, 6.07) is 3.36. The van der Waals surface area contributed by atoms with Crippen molar-refractivity contribution in [3.63, 3.8) is 0 Å². The first kappa shape index (κ1) is 17.0. The van der Waals surface area contributed by atoms with Gasteiger partial charge in [-0.25, -0.2) is 0 Å². The molecular weight excluding hydrogens is 316 g/mol. The molecule has 2 saturated heterocycles. The van der Waals surface area contributed by atoms with Gasteiger partial charge in [-0.15, -0.1) is 0 Å². The van der Waals surface area contributed by atoms with Crippen molar-refractivity contribution in [2.45, 2.75) is 39.1 Å². The molecule has 2 aliphatic rings. The Bertz CT molecular complexity index is 562. The SMILES string of the molecule is CCOC(=O)C1(C(=O)OCC)C[C@@H]2CCO[C@@H]2O[C@@H]1c1ccco1. The molecule has 7 nitrogen and oxygen atoms in total. The van der Waals surface area contributed by atoms with E-state index in [0.29, 0.717) is 12.4 Å². The molecule has 132 valence electrons. The number of ether oxygens (including phenoxy) is 4. The van der Waals surface area contributed by atoms with E-state index in [-0.39, 0.29) is 25.6 Å². The molecule has 0 N–H and O–H groups in total. The summed E-state index contributed by atoms with van der Waals surface area (Å²) in [5.74, 6) is -0.972. The minimum Gasteiger partial charge on any atom is -0.467 e. The van der Waals surface area contributed by atoms with Crippen LogP contribution in [0.3, 0.4) is 0 Å². The van der Waals surface area contributed by atoms with E-state index in [4.69, 9.17) is 23.4 Å². The van der Waals surface area contributed by atoms with Crippen LogP contribution in [0.4, 0.5) is 0 Å². The molecule has 2 fully saturated rings. The van der Waals surface area contributed by atoms with Crippen LogP contribution in [-0.2, 0) is 28.5 Å². The lowest BCUT2D eigenvalue weighted by Gasteiger charge is -2.42. The van der Waals surface area contributed by atoms with Crippen molar-refractivity contribution in [3.8, 4) is 0 Å². The minimum absolute atomic E-state index is 0.0648. The van der Waals surface area contributed by atoms with Crippen molar-refractivity contribution in [1.82, 2.24) is 0 Å². The van der Waals surface area contributed by atoms with Crippen molar-refractivity contribution in [1.29, 1.82) is 0 Å². The molecule has 0 unspecified atom stereocenters. The van der Waals surface area contributed by atoms with Crippen LogP contribution in [0.15, 0.2) is 22.8 Å². The summed E-state index contributed by atoms with van der Waals surface area (Å²) < 4.78 is 27.5. The molecule has 1 aromatic heterocycles. The van der Waals surface area contributed by atoms with E-state index in [0.717, 1.165) is 6.42 Å². The maximum Gasteiger partial charge on any atom is 0.326 e. The first-order chi connectivity index (χ1) is 11.6. The predicted octanol–water partition coefficient (Wildman–Crippen LogP) is 2.22. The first-order valence-electron chi connectivity index (χ1n) is 8.28. The highest BCUT2D eigenvalue weighted by molar-refractivity contribution is 6.01. The van der Waals surface area contributed by atoms with E-state index >= 15 is 0 Å². The van der Waals surface area contributed by atoms with Gasteiger partial charge in [0.2, 0.25) is 0 Å². The second-order valence-corrected chi connectivity index (χ2v) is 5.94. The van der Waals surface area contributed by atoms with Crippen LogP contribution in [0.1, 0.15) is 38.6 Å². The van der Waals surface area contributed by atoms with E-state index in [1.54, 1.807) is 26.0 Å². The highest BCUT2D eigenvalue weighted by Gasteiger charge is 2.63. The zero-order chi connectivity index (χ0) is 17.2. The Kier molecular flexibility index (Phi) is 4.91. The third kappa shape index (κ3) is 2.71. The van der Waals surface area contributed by atoms with E-state index in [2.05, 4.69) is 0 Å². The van der Waals surface area contributed by atoms with Gasteiger partial charge in [0.15, 0.2) is 11.7 Å². The molecule has 0 bridgehead atoms. The molecule has 0 amide bonds. The van der Waals surface area contributed by atoms with Gasteiger partial charge in [-0.1, -0.05) is 0 Å². The zero-order valence-corrected chi connectivity index (χ0v) is 13.9. The molecule has 0 spiro atoms. The van der Waals surface area contributed by atoms with Crippen molar-refractivity contribution >= 4 is 11.9 Å². The lowest BCUT2D eigenvalue weighted by atomic mass is 9.71. The summed E-state index contributed by atoms with van der Waals surface area (Å²) in [6.07, 6.45) is 1.04. The van der Waals surface area contributed by atoms with Gasteiger partial charge in [-0.2, -0.15) is 0 Å². The highest BCUT2D eigenvalue weighted by Crippen LogP contribution is 2.52. The number of hydrogen-bond donors (Lipinski definition) is 0. The fraction of sp³-hybridized carbons (Fsp3) is 0.647. The average molecular weight is 338 g/mol. The van der Waals surface area contributed by atoms with Crippen molar-refractivity contribution in [3.05, 3.63) is 24.2 Å². The zero-order valence-electron chi connectivity index (χ0n) is 13.9. The number of carbonyl (C=O) groups excluding carboxylic acids is 2. The molecule has 3 rings (SSSR count). The summed E-state index contributed by atoms with van der Waals surface area (Å²) in [5, 5.41) is 0. The molecule has 7 heteroatoms. The Morgan fingerprint density at radius 1 is 1.25 bits per heavy atom. The molecule has 24 heavy (non-hydrogen) atoms. The van der Waals surface area contributed by atoms with Crippen LogP contribution >= 0.6 is 0 Å². The largest absolute Gasteiger partial charge is 0.467 e. The summed E-state index contributed by atoms with van der Waals surface area (Å²) >= 11 is 0. The van der Waals surface area contributed by atoms with Crippen LogP contribution in [0.25, 0.3) is 0 Å². The average Bonchev–Trinajstić information content (AvgIpc) is 3.24. The summed E-state index contributed by atoms with van der Waals surface area (Å²) in [4.78, 5) is 25.7. The van der Waals surface area contributed by atoms with E-state index in [1.165, 1.54) is 6.26 Å². The Labute approximate surface area is 140 Å². The molecule has 0 saturated carbocycles. The number of fused-ring (bicyclic) bond motifs is 1. The van der Waals surface area contributed by atoms with E-state index in [1.807, 2.05) is 0 Å². The molecule has 1 aromatic rings. The second kappa shape index (κ2) is 6.94.